The number of thiocarbonyl (C=S) groups is 1. The summed E-state index contributed by atoms with van der Waals surface area (Å²) in [6, 6.07) is 8.51. The second kappa shape index (κ2) is 6.87. The molecule has 0 radical (unpaired) electrons. The van der Waals surface area contributed by atoms with Crippen molar-refractivity contribution in [3.05, 3.63) is 44.8 Å². The molecule has 0 saturated heterocycles. The van der Waals surface area contributed by atoms with E-state index in [4.69, 9.17) is 12.2 Å². The first-order chi connectivity index (χ1) is 8.79. The van der Waals surface area contributed by atoms with Crippen LogP contribution in [-0.4, -0.2) is 23.6 Å². The minimum atomic E-state index is 0.819. The first kappa shape index (κ1) is 13.5. The van der Waals surface area contributed by atoms with Crippen molar-refractivity contribution in [3.63, 3.8) is 0 Å². The lowest BCUT2D eigenvalue weighted by Gasteiger charge is -2.24. The third-order valence-electron chi connectivity index (χ3n) is 2.64. The largest absolute Gasteiger partial charge is 0.366 e. The Morgan fingerprint density at radius 3 is 2.44 bits per heavy atom. The summed E-state index contributed by atoms with van der Waals surface area (Å²) in [5.41, 5.74) is 0. The van der Waals surface area contributed by atoms with Gasteiger partial charge < -0.3 is 10.2 Å². The molecule has 0 aliphatic rings. The zero-order valence-electron chi connectivity index (χ0n) is 10.3. The zero-order chi connectivity index (χ0) is 12.8. The van der Waals surface area contributed by atoms with Crippen LogP contribution in [0.25, 0.3) is 0 Å². The highest BCUT2D eigenvalue weighted by Crippen LogP contribution is 2.14. The van der Waals surface area contributed by atoms with Crippen LogP contribution in [0.3, 0.4) is 0 Å². The molecule has 0 amide bonds. The van der Waals surface area contributed by atoms with Crippen LogP contribution in [0.15, 0.2) is 35.0 Å². The highest BCUT2D eigenvalue weighted by molar-refractivity contribution is 7.80. The molecule has 0 spiro atoms. The van der Waals surface area contributed by atoms with Crippen molar-refractivity contribution in [1.82, 2.24) is 10.2 Å². The number of hydrogen-bond donors (Lipinski definition) is 1. The standard InChI is InChI=1S/C13H16N2S3/c1-14-13(16)15(10-12-5-3-9-18-12)7-6-11-4-2-8-17-11/h2-5,8-9H,6-7,10H2,1H3,(H,14,16). The van der Waals surface area contributed by atoms with Crippen molar-refractivity contribution in [3.8, 4) is 0 Å². The summed E-state index contributed by atoms with van der Waals surface area (Å²) in [5, 5.41) is 8.12. The molecule has 0 fully saturated rings. The highest BCUT2D eigenvalue weighted by atomic mass is 32.1. The minimum Gasteiger partial charge on any atom is -0.366 e. The quantitative estimate of drug-likeness (QED) is 0.852. The highest BCUT2D eigenvalue weighted by Gasteiger charge is 2.10. The fourth-order valence-electron chi connectivity index (χ4n) is 1.70. The molecule has 5 heteroatoms. The van der Waals surface area contributed by atoms with Gasteiger partial charge >= 0.3 is 0 Å². The molecular formula is C13H16N2S3. The van der Waals surface area contributed by atoms with Crippen LogP contribution in [0.4, 0.5) is 0 Å². The van der Waals surface area contributed by atoms with Gasteiger partial charge in [-0.05, 0) is 41.5 Å². The van der Waals surface area contributed by atoms with Gasteiger partial charge in [0.2, 0.25) is 0 Å². The van der Waals surface area contributed by atoms with Gasteiger partial charge in [0.15, 0.2) is 5.11 Å². The zero-order valence-corrected chi connectivity index (χ0v) is 12.7. The Hall–Kier alpha value is -0.910. The van der Waals surface area contributed by atoms with Gasteiger partial charge in [-0.25, -0.2) is 0 Å². The molecular weight excluding hydrogens is 280 g/mol. The predicted molar refractivity (Wildman–Crippen MR) is 84.4 cm³/mol. The molecule has 96 valence electrons. The van der Waals surface area contributed by atoms with Crippen molar-refractivity contribution < 1.29 is 0 Å². The molecule has 2 nitrogen and oxygen atoms in total. The Morgan fingerprint density at radius 1 is 1.22 bits per heavy atom. The Balaban J connectivity index is 1.94. The molecule has 2 aromatic rings. The minimum absolute atomic E-state index is 0.819. The van der Waals surface area contributed by atoms with E-state index in [-0.39, 0.29) is 0 Å². The van der Waals surface area contributed by atoms with Gasteiger partial charge in [0.25, 0.3) is 0 Å². The molecule has 0 bridgehead atoms. The summed E-state index contributed by atoms with van der Waals surface area (Å²) in [6.07, 6.45) is 1.05. The van der Waals surface area contributed by atoms with Gasteiger partial charge in [-0.15, -0.1) is 22.7 Å². The number of thiophene rings is 2. The van der Waals surface area contributed by atoms with E-state index in [1.807, 2.05) is 7.05 Å². The van der Waals surface area contributed by atoms with Crippen LogP contribution in [0, 0.1) is 0 Å². The lowest BCUT2D eigenvalue weighted by molar-refractivity contribution is 0.417. The fourth-order valence-corrected chi connectivity index (χ4v) is 3.27. The smallest absolute Gasteiger partial charge is 0.169 e. The lowest BCUT2D eigenvalue weighted by Crippen LogP contribution is -2.38. The molecule has 2 aromatic heterocycles. The first-order valence-electron chi connectivity index (χ1n) is 5.81. The van der Waals surface area contributed by atoms with E-state index in [1.165, 1.54) is 9.75 Å². The molecule has 0 aliphatic carbocycles. The molecule has 0 aromatic carbocycles. The van der Waals surface area contributed by atoms with Crippen molar-refractivity contribution >= 4 is 40.0 Å². The van der Waals surface area contributed by atoms with Crippen molar-refractivity contribution in [2.24, 2.45) is 0 Å². The first-order valence-corrected chi connectivity index (χ1v) is 7.98. The van der Waals surface area contributed by atoms with Crippen LogP contribution in [0.5, 0.6) is 0 Å². The summed E-state index contributed by atoms with van der Waals surface area (Å²) in [7, 11) is 1.88. The monoisotopic (exact) mass is 296 g/mol. The third kappa shape index (κ3) is 3.80. The lowest BCUT2D eigenvalue weighted by atomic mass is 10.3. The van der Waals surface area contributed by atoms with E-state index in [2.05, 4.69) is 45.2 Å². The molecule has 0 atom stereocenters. The Labute approximate surface area is 121 Å². The maximum Gasteiger partial charge on any atom is 0.169 e. The third-order valence-corrected chi connectivity index (χ3v) is 4.90. The predicted octanol–water partition coefficient (Wildman–Crippen LogP) is 3.36. The van der Waals surface area contributed by atoms with Crippen LogP contribution < -0.4 is 5.32 Å². The SMILES string of the molecule is CNC(=S)N(CCc1cccs1)Cc1cccs1. The maximum atomic E-state index is 5.37. The van der Waals surface area contributed by atoms with Gasteiger partial charge in [0.05, 0.1) is 6.54 Å². The van der Waals surface area contributed by atoms with Gasteiger partial charge in [0.1, 0.15) is 0 Å². The number of rotatable bonds is 5. The van der Waals surface area contributed by atoms with E-state index in [0.717, 1.165) is 24.6 Å². The molecule has 2 rings (SSSR count). The molecule has 0 aliphatic heterocycles. The van der Waals surface area contributed by atoms with E-state index in [0.29, 0.717) is 0 Å². The van der Waals surface area contributed by atoms with E-state index in [1.54, 1.807) is 22.7 Å². The van der Waals surface area contributed by atoms with Crippen molar-refractivity contribution in [2.45, 2.75) is 13.0 Å². The fraction of sp³-hybridized carbons (Fsp3) is 0.308. The van der Waals surface area contributed by atoms with Crippen molar-refractivity contribution in [2.75, 3.05) is 13.6 Å². The normalized spacial score (nSPS) is 10.3. The summed E-state index contributed by atoms with van der Waals surface area (Å²) >= 11 is 8.95. The van der Waals surface area contributed by atoms with Crippen LogP contribution in [0.1, 0.15) is 9.75 Å². The van der Waals surface area contributed by atoms with E-state index < -0.39 is 0 Å². The molecule has 1 N–H and O–H groups in total. The Bertz CT molecular complexity index is 462. The molecule has 18 heavy (non-hydrogen) atoms. The summed E-state index contributed by atoms with van der Waals surface area (Å²) in [4.78, 5) is 4.98. The molecule has 2 heterocycles. The van der Waals surface area contributed by atoms with Crippen LogP contribution >= 0.6 is 34.9 Å². The van der Waals surface area contributed by atoms with Gasteiger partial charge in [0, 0.05) is 23.3 Å². The molecule has 0 unspecified atom stereocenters. The average Bonchev–Trinajstić information content (AvgIpc) is 3.06. The van der Waals surface area contributed by atoms with Gasteiger partial charge in [-0.3, -0.25) is 0 Å². The van der Waals surface area contributed by atoms with E-state index >= 15 is 0 Å². The van der Waals surface area contributed by atoms with Crippen LogP contribution in [0.2, 0.25) is 0 Å². The maximum absolute atomic E-state index is 5.37. The topological polar surface area (TPSA) is 15.3 Å². The van der Waals surface area contributed by atoms with Gasteiger partial charge in [-0.1, -0.05) is 12.1 Å². The number of hydrogen-bond acceptors (Lipinski definition) is 3. The average molecular weight is 296 g/mol. The Morgan fingerprint density at radius 2 is 1.89 bits per heavy atom. The number of nitrogens with one attached hydrogen (secondary N) is 1. The number of nitrogens with zero attached hydrogens (tertiary/aromatic N) is 1. The second-order valence-electron chi connectivity index (χ2n) is 3.89. The summed E-state index contributed by atoms with van der Waals surface area (Å²) in [6.45, 7) is 1.85. The second-order valence-corrected chi connectivity index (χ2v) is 6.34. The Kier molecular flexibility index (Phi) is 5.16. The van der Waals surface area contributed by atoms with Gasteiger partial charge in [-0.2, -0.15) is 0 Å². The van der Waals surface area contributed by atoms with E-state index in [9.17, 15) is 0 Å². The summed E-state index contributed by atoms with van der Waals surface area (Å²) in [5.74, 6) is 0. The van der Waals surface area contributed by atoms with Crippen LogP contribution in [-0.2, 0) is 13.0 Å². The summed E-state index contributed by atoms with van der Waals surface area (Å²) < 4.78 is 0. The molecule has 0 saturated carbocycles. The van der Waals surface area contributed by atoms with Crippen molar-refractivity contribution in [1.29, 1.82) is 0 Å².